The van der Waals surface area contributed by atoms with Gasteiger partial charge in [-0.05, 0) is 24.6 Å². The van der Waals surface area contributed by atoms with Gasteiger partial charge in [0.2, 0.25) is 5.91 Å². The number of carbonyl (C=O) groups excluding carboxylic acids is 1. The third-order valence-corrected chi connectivity index (χ3v) is 5.57. The lowest BCUT2D eigenvalue weighted by atomic mass is 9.87. The lowest BCUT2D eigenvalue weighted by molar-refractivity contribution is -0.948. The summed E-state index contributed by atoms with van der Waals surface area (Å²) in [6.45, 7) is 4.00. The van der Waals surface area contributed by atoms with Gasteiger partial charge in [-0.2, -0.15) is 0 Å². The Bertz CT molecular complexity index is 825. The fourth-order valence-electron chi connectivity index (χ4n) is 4.30. The Morgan fingerprint density at radius 2 is 1.83 bits per heavy atom. The number of ether oxygens (including phenoxy) is 3. The van der Waals surface area contributed by atoms with Gasteiger partial charge in [-0.1, -0.05) is 30.3 Å². The van der Waals surface area contributed by atoms with Crippen molar-refractivity contribution in [3.63, 3.8) is 0 Å². The van der Waals surface area contributed by atoms with E-state index in [9.17, 15) is 4.79 Å². The normalized spacial score (nSPS) is 19.2. The highest BCUT2D eigenvalue weighted by molar-refractivity contribution is 5.77. The van der Waals surface area contributed by atoms with Gasteiger partial charge < -0.3 is 24.4 Å². The molecule has 156 valence electrons. The number of methoxy groups -OCH3 is 3. The van der Waals surface area contributed by atoms with Crippen molar-refractivity contribution in [1.82, 2.24) is 5.32 Å². The van der Waals surface area contributed by atoms with Gasteiger partial charge in [0, 0.05) is 24.7 Å². The van der Waals surface area contributed by atoms with Crippen molar-refractivity contribution in [2.24, 2.45) is 0 Å². The fraction of sp³-hybridized carbons (Fsp3) is 0.435. The molecule has 0 saturated heterocycles. The molecule has 6 nitrogen and oxygen atoms in total. The molecule has 1 heterocycles. The summed E-state index contributed by atoms with van der Waals surface area (Å²) in [4.78, 5) is 13.6. The van der Waals surface area contributed by atoms with Crippen LogP contribution < -0.4 is 19.7 Å². The second kappa shape index (κ2) is 9.76. The Labute approximate surface area is 172 Å². The van der Waals surface area contributed by atoms with Crippen molar-refractivity contribution in [2.45, 2.75) is 32.0 Å². The van der Waals surface area contributed by atoms with Gasteiger partial charge in [0.05, 0.1) is 26.8 Å². The largest absolute Gasteiger partial charge is 0.493 e. The quantitative estimate of drug-likeness (QED) is 0.707. The van der Waals surface area contributed by atoms with Crippen molar-refractivity contribution in [2.75, 3.05) is 34.5 Å². The molecule has 6 heteroatoms. The van der Waals surface area contributed by atoms with E-state index in [-0.39, 0.29) is 24.6 Å². The van der Waals surface area contributed by atoms with Crippen LogP contribution in [-0.2, 0) is 22.5 Å². The minimum Gasteiger partial charge on any atom is -0.493 e. The molecule has 0 saturated carbocycles. The lowest BCUT2D eigenvalue weighted by Gasteiger charge is -2.38. The second-order valence-electron chi connectivity index (χ2n) is 7.49. The maximum atomic E-state index is 12.2. The predicted molar refractivity (Wildman–Crippen MR) is 111 cm³/mol. The Balaban J connectivity index is 1.96. The smallest absolute Gasteiger partial charge is 0.246 e. The van der Waals surface area contributed by atoms with Crippen LogP contribution in [0, 0.1) is 0 Å². The number of benzene rings is 2. The summed E-state index contributed by atoms with van der Waals surface area (Å²) < 4.78 is 16.1. The molecule has 2 N–H and O–H groups in total. The summed E-state index contributed by atoms with van der Waals surface area (Å²) in [5.41, 5.74) is 3.73. The fourth-order valence-corrected chi connectivity index (χ4v) is 4.30. The molecule has 0 fully saturated rings. The van der Waals surface area contributed by atoms with Gasteiger partial charge in [0.15, 0.2) is 11.5 Å². The number of carbonyl (C=O) groups is 1. The van der Waals surface area contributed by atoms with Crippen LogP contribution in [0.15, 0.2) is 42.5 Å². The maximum Gasteiger partial charge on any atom is 0.246 e. The molecule has 1 aliphatic rings. The van der Waals surface area contributed by atoms with E-state index < -0.39 is 0 Å². The first-order valence-corrected chi connectivity index (χ1v) is 9.99. The van der Waals surface area contributed by atoms with E-state index >= 15 is 0 Å². The molecule has 3 atom stereocenters. The van der Waals surface area contributed by atoms with E-state index in [0.717, 1.165) is 25.3 Å². The summed E-state index contributed by atoms with van der Waals surface area (Å²) >= 11 is 0. The van der Waals surface area contributed by atoms with Crippen LogP contribution in [0.5, 0.6) is 11.5 Å². The molecule has 0 aromatic heterocycles. The third kappa shape index (κ3) is 4.89. The van der Waals surface area contributed by atoms with Crippen molar-refractivity contribution >= 4 is 5.91 Å². The number of fused-ring (bicyclic) bond motifs is 1. The number of amides is 1. The van der Waals surface area contributed by atoms with Crippen LogP contribution in [0.25, 0.3) is 0 Å². The summed E-state index contributed by atoms with van der Waals surface area (Å²) in [6, 6.07) is 14.7. The van der Waals surface area contributed by atoms with Gasteiger partial charge in [0.1, 0.15) is 19.2 Å². The van der Waals surface area contributed by atoms with Crippen LogP contribution in [0.1, 0.15) is 29.7 Å². The highest BCUT2D eigenvalue weighted by atomic mass is 16.5. The van der Waals surface area contributed by atoms with E-state index in [0.29, 0.717) is 5.75 Å². The zero-order valence-electron chi connectivity index (χ0n) is 17.7. The van der Waals surface area contributed by atoms with Crippen LogP contribution in [-0.4, -0.2) is 46.4 Å². The van der Waals surface area contributed by atoms with Gasteiger partial charge in [-0.25, -0.2) is 0 Å². The number of rotatable bonds is 8. The predicted octanol–water partition coefficient (Wildman–Crippen LogP) is 1.54. The number of quaternary nitrogens is 1. The summed E-state index contributed by atoms with van der Waals surface area (Å²) in [5.74, 6) is 1.35. The van der Waals surface area contributed by atoms with E-state index in [2.05, 4.69) is 48.6 Å². The molecule has 0 radical (unpaired) electrons. The Kier molecular flexibility index (Phi) is 7.12. The molecule has 2 aromatic carbocycles. The zero-order chi connectivity index (χ0) is 20.8. The highest BCUT2D eigenvalue weighted by Gasteiger charge is 2.37. The SMILES string of the molecule is COCC(=O)N[C@@H](C)[C@H]1c2cc(OC)c(OC)cc2CC[NH+]1Cc1ccccc1. The third-order valence-electron chi connectivity index (χ3n) is 5.57. The zero-order valence-corrected chi connectivity index (χ0v) is 17.7. The summed E-state index contributed by atoms with van der Waals surface area (Å²) in [7, 11) is 4.84. The van der Waals surface area contributed by atoms with E-state index in [1.165, 1.54) is 28.7 Å². The molecule has 29 heavy (non-hydrogen) atoms. The first-order valence-electron chi connectivity index (χ1n) is 9.99. The Hall–Kier alpha value is -2.57. The number of hydrogen-bond donors (Lipinski definition) is 2. The van der Waals surface area contributed by atoms with Crippen LogP contribution in [0.4, 0.5) is 0 Å². The topological polar surface area (TPSA) is 61.2 Å². The first kappa shape index (κ1) is 21.1. The molecule has 1 amide bonds. The molecular weight excluding hydrogens is 368 g/mol. The van der Waals surface area contributed by atoms with Gasteiger partial charge in [0.25, 0.3) is 0 Å². The van der Waals surface area contributed by atoms with Crippen LogP contribution >= 0.6 is 0 Å². The van der Waals surface area contributed by atoms with Crippen molar-refractivity contribution in [1.29, 1.82) is 0 Å². The Morgan fingerprint density at radius 1 is 1.14 bits per heavy atom. The van der Waals surface area contributed by atoms with E-state index in [4.69, 9.17) is 14.2 Å². The summed E-state index contributed by atoms with van der Waals surface area (Å²) in [5, 5.41) is 3.12. The van der Waals surface area contributed by atoms with Crippen molar-refractivity contribution in [3.05, 3.63) is 59.2 Å². The van der Waals surface area contributed by atoms with Gasteiger partial charge in [-0.3, -0.25) is 4.79 Å². The minimum absolute atomic E-state index is 0.0594. The number of hydrogen-bond acceptors (Lipinski definition) is 4. The molecule has 1 aliphatic heterocycles. The molecule has 1 unspecified atom stereocenters. The van der Waals surface area contributed by atoms with Gasteiger partial charge in [-0.15, -0.1) is 0 Å². The maximum absolute atomic E-state index is 12.2. The molecule has 0 spiro atoms. The van der Waals surface area contributed by atoms with Crippen LogP contribution in [0.2, 0.25) is 0 Å². The molecule has 0 aliphatic carbocycles. The van der Waals surface area contributed by atoms with Crippen molar-refractivity contribution < 1.29 is 23.9 Å². The molecule has 0 bridgehead atoms. The average molecular weight is 400 g/mol. The number of nitrogens with one attached hydrogen (secondary N) is 2. The van der Waals surface area contributed by atoms with Crippen molar-refractivity contribution in [3.8, 4) is 11.5 Å². The highest BCUT2D eigenvalue weighted by Crippen LogP contribution is 2.35. The Morgan fingerprint density at radius 3 is 2.48 bits per heavy atom. The average Bonchev–Trinajstić information content (AvgIpc) is 2.73. The monoisotopic (exact) mass is 399 g/mol. The lowest BCUT2D eigenvalue weighted by Crippen LogP contribution is -3.13. The molecule has 3 rings (SSSR count). The standard InChI is InChI=1S/C23H30N2O4/c1-16(24-22(26)15-27-2)23-19-13-21(29-4)20(28-3)12-18(19)10-11-25(23)14-17-8-6-5-7-9-17/h5-9,12-13,16,23H,10-11,14-15H2,1-4H3,(H,24,26)/p+1/t16-,23-/m0/s1. The van der Waals surface area contributed by atoms with Crippen LogP contribution in [0.3, 0.4) is 0 Å². The first-order chi connectivity index (χ1) is 14.1. The van der Waals surface area contributed by atoms with E-state index in [1.54, 1.807) is 14.2 Å². The molecule has 2 aromatic rings. The van der Waals surface area contributed by atoms with E-state index in [1.807, 2.05) is 6.07 Å². The second-order valence-corrected chi connectivity index (χ2v) is 7.49. The summed E-state index contributed by atoms with van der Waals surface area (Å²) in [6.07, 6.45) is 0.951. The minimum atomic E-state index is -0.105. The van der Waals surface area contributed by atoms with Gasteiger partial charge >= 0.3 is 0 Å². The molecular formula is C23H31N2O4+.